The van der Waals surface area contributed by atoms with Gasteiger partial charge in [-0.3, -0.25) is 4.79 Å². The van der Waals surface area contributed by atoms with E-state index in [0.717, 1.165) is 15.9 Å². The van der Waals surface area contributed by atoms with E-state index in [1.165, 1.54) is 23.5 Å². The van der Waals surface area contributed by atoms with Crippen LogP contribution in [0, 0.1) is 0 Å². The maximum Gasteiger partial charge on any atom is 0.573 e. The van der Waals surface area contributed by atoms with Crippen LogP contribution in [-0.2, 0) is 0 Å². The summed E-state index contributed by atoms with van der Waals surface area (Å²) in [6.07, 6.45) is -4.73. The zero-order valence-electron chi connectivity index (χ0n) is 10.3. The van der Waals surface area contributed by atoms with Gasteiger partial charge in [0.1, 0.15) is 11.5 Å². The van der Waals surface area contributed by atoms with Gasteiger partial charge in [-0.25, -0.2) is 0 Å². The number of halogens is 4. The van der Waals surface area contributed by atoms with Gasteiger partial charge in [-0.15, -0.1) is 24.5 Å². The van der Waals surface area contributed by atoms with Crippen molar-refractivity contribution in [2.24, 2.45) is 0 Å². The number of benzene rings is 1. The Hall–Kier alpha value is -1.54. The van der Waals surface area contributed by atoms with Gasteiger partial charge in [-0.1, -0.05) is 0 Å². The molecule has 0 spiro atoms. The summed E-state index contributed by atoms with van der Waals surface area (Å²) in [5.41, 5.74) is 0. The average molecular weight is 381 g/mol. The largest absolute Gasteiger partial charge is 0.573 e. The Morgan fingerprint density at radius 2 is 1.71 bits per heavy atom. The summed E-state index contributed by atoms with van der Waals surface area (Å²) in [6, 6.07) is 8.27. The molecule has 1 aromatic carbocycles. The number of carbonyl (C=O) groups excluding carboxylic acids is 1. The van der Waals surface area contributed by atoms with E-state index in [1.54, 1.807) is 12.1 Å². The highest BCUT2D eigenvalue weighted by atomic mass is 79.9. The first kappa shape index (κ1) is 15.8. The van der Waals surface area contributed by atoms with Crippen LogP contribution < -0.4 is 9.47 Å². The molecular formula is C13H8BrF3O3S. The quantitative estimate of drug-likeness (QED) is 0.707. The van der Waals surface area contributed by atoms with Crippen molar-refractivity contribution in [3.63, 3.8) is 0 Å². The number of carbonyl (C=O) groups is 1. The molecule has 0 bridgehead atoms. The molecule has 2 aromatic rings. The van der Waals surface area contributed by atoms with Crippen molar-refractivity contribution >= 4 is 33.0 Å². The monoisotopic (exact) mass is 380 g/mol. The fraction of sp³-hybridized carbons (Fsp3) is 0.154. The molecule has 0 N–H and O–H groups in total. The summed E-state index contributed by atoms with van der Waals surface area (Å²) in [5, 5.41) is 0. The normalized spacial score (nSPS) is 11.2. The van der Waals surface area contributed by atoms with E-state index >= 15 is 0 Å². The molecule has 8 heteroatoms. The number of ketones is 1. The SMILES string of the molecule is O=C(COc1ccc(OC(F)(F)F)cc1)c1ccc(Br)s1. The number of alkyl halides is 3. The van der Waals surface area contributed by atoms with Crippen molar-refractivity contribution < 1.29 is 27.4 Å². The molecule has 0 aliphatic carbocycles. The molecular weight excluding hydrogens is 373 g/mol. The second kappa shape index (κ2) is 6.48. The van der Waals surface area contributed by atoms with Gasteiger partial charge in [0.2, 0.25) is 5.78 Å². The summed E-state index contributed by atoms with van der Waals surface area (Å²) in [7, 11) is 0. The Morgan fingerprint density at radius 1 is 1.10 bits per heavy atom. The Labute approximate surface area is 130 Å². The number of hydrogen-bond acceptors (Lipinski definition) is 4. The maximum absolute atomic E-state index is 12.0. The molecule has 0 fully saturated rings. The predicted molar refractivity (Wildman–Crippen MR) is 75.0 cm³/mol. The van der Waals surface area contributed by atoms with Crippen LogP contribution in [0.1, 0.15) is 9.67 Å². The zero-order chi connectivity index (χ0) is 15.5. The van der Waals surface area contributed by atoms with Crippen LogP contribution in [0.25, 0.3) is 0 Å². The molecule has 0 radical (unpaired) electrons. The molecule has 0 saturated heterocycles. The Morgan fingerprint density at radius 3 is 2.24 bits per heavy atom. The molecule has 1 heterocycles. The van der Waals surface area contributed by atoms with Gasteiger partial charge in [-0.05, 0) is 52.3 Å². The van der Waals surface area contributed by atoms with Crippen LogP contribution >= 0.6 is 27.3 Å². The van der Waals surface area contributed by atoms with E-state index in [2.05, 4.69) is 20.7 Å². The molecule has 112 valence electrons. The number of ether oxygens (including phenoxy) is 2. The van der Waals surface area contributed by atoms with Gasteiger partial charge in [0.15, 0.2) is 6.61 Å². The zero-order valence-corrected chi connectivity index (χ0v) is 12.7. The fourth-order valence-corrected chi connectivity index (χ4v) is 2.73. The van der Waals surface area contributed by atoms with Gasteiger partial charge in [0.05, 0.1) is 8.66 Å². The van der Waals surface area contributed by atoms with E-state index in [0.29, 0.717) is 4.88 Å². The van der Waals surface area contributed by atoms with E-state index in [1.807, 2.05) is 0 Å². The first-order valence-electron chi connectivity index (χ1n) is 5.60. The summed E-state index contributed by atoms with van der Waals surface area (Å²) < 4.78 is 45.7. The average Bonchev–Trinajstić information content (AvgIpc) is 2.82. The minimum atomic E-state index is -4.73. The molecule has 0 saturated carbocycles. The lowest BCUT2D eigenvalue weighted by atomic mass is 10.3. The summed E-state index contributed by atoms with van der Waals surface area (Å²) in [5.74, 6) is -0.266. The van der Waals surface area contributed by atoms with Crippen LogP contribution in [-0.4, -0.2) is 18.8 Å². The smallest absolute Gasteiger partial charge is 0.485 e. The predicted octanol–water partition coefficient (Wildman–Crippen LogP) is 4.67. The standard InChI is InChI=1S/C13H8BrF3O3S/c14-12-6-5-11(21-12)10(18)7-19-8-1-3-9(4-2-8)20-13(15,16)17/h1-6H,7H2. The Kier molecular flexibility index (Phi) is 4.89. The maximum atomic E-state index is 12.0. The molecule has 0 atom stereocenters. The summed E-state index contributed by atoms with van der Waals surface area (Å²) in [6.45, 7) is -0.188. The third kappa shape index (κ3) is 5.05. The minimum Gasteiger partial charge on any atom is -0.485 e. The summed E-state index contributed by atoms with van der Waals surface area (Å²) in [4.78, 5) is 12.3. The second-order valence-electron chi connectivity index (χ2n) is 3.83. The van der Waals surface area contributed by atoms with Gasteiger partial charge in [-0.2, -0.15) is 0 Å². The Balaban J connectivity index is 1.90. The van der Waals surface area contributed by atoms with Crippen LogP contribution in [0.4, 0.5) is 13.2 Å². The molecule has 2 rings (SSSR count). The highest BCUT2D eigenvalue weighted by Crippen LogP contribution is 2.25. The lowest BCUT2D eigenvalue weighted by molar-refractivity contribution is -0.274. The van der Waals surface area contributed by atoms with E-state index in [9.17, 15) is 18.0 Å². The second-order valence-corrected chi connectivity index (χ2v) is 6.30. The highest BCUT2D eigenvalue weighted by Gasteiger charge is 2.30. The summed E-state index contributed by atoms with van der Waals surface area (Å²) >= 11 is 4.53. The first-order chi connectivity index (χ1) is 9.83. The Bertz CT molecular complexity index is 622. The number of Topliss-reactive ketones (excluding diaryl/α,β-unsaturated/α-hetero) is 1. The van der Waals surface area contributed by atoms with E-state index < -0.39 is 6.36 Å². The highest BCUT2D eigenvalue weighted by molar-refractivity contribution is 9.11. The lowest BCUT2D eigenvalue weighted by Gasteiger charge is -2.09. The van der Waals surface area contributed by atoms with Gasteiger partial charge in [0.25, 0.3) is 0 Å². The van der Waals surface area contributed by atoms with Crippen LogP contribution in [0.15, 0.2) is 40.2 Å². The lowest BCUT2D eigenvalue weighted by Crippen LogP contribution is -2.17. The number of rotatable bonds is 5. The molecule has 0 amide bonds. The van der Waals surface area contributed by atoms with Crippen molar-refractivity contribution in [2.75, 3.05) is 6.61 Å². The number of hydrogen-bond donors (Lipinski definition) is 0. The molecule has 21 heavy (non-hydrogen) atoms. The van der Waals surface area contributed by atoms with E-state index in [-0.39, 0.29) is 23.9 Å². The first-order valence-corrected chi connectivity index (χ1v) is 7.21. The third-order valence-corrected chi connectivity index (χ3v) is 3.94. The third-order valence-electron chi connectivity index (χ3n) is 2.28. The van der Waals surface area contributed by atoms with Crippen molar-refractivity contribution in [1.29, 1.82) is 0 Å². The van der Waals surface area contributed by atoms with Crippen LogP contribution in [0.3, 0.4) is 0 Å². The molecule has 0 aliphatic heterocycles. The molecule has 1 aromatic heterocycles. The minimum absolute atomic E-state index is 0.188. The topological polar surface area (TPSA) is 35.5 Å². The fourth-order valence-electron chi connectivity index (χ4n) is 1.42. The van der Waals surface area contributed by atoms with Gasteiger partial charge in [0, 0.05) is 0 Å². The van der Waals surface area contributed by atoms with Crippen molar-refractivity contribution in [3.05, 3.63) is 45.1 Å². The van der Waals surface area contributed by atoms with Crippen molar-refractivity contribution in [1.82, 2.24) is 0 Å². The molecule has 0 unspecified atom stereocenters. The van der Waals surface area contributed by atoms with Crippen LogP contribution in [0.5, 0.6) is 11.5 Å². The van der Waals surface area contributed by atoms with Crippen molar-refractivity contribution in [2.45, 2.75) is 6.36 Å². The number of thiophene rings is 1. The van der Waals surface area contributed by atoms with Crippen molar-refractivity contribution in [3.8, 4) is 11.5 Å². The molecule has 3 nitrogen and oxygen atoms in total. The van der Waals surface area contributed by atoms with E-state index in [4.69, 9.17) is 4.74 Å². The van der Waals surface area contributed by atoms with Gasteiger partial charge < -0.3 is 9.47 Å². The van der Waals surface area contributed by atoms with Gasteiger partial charge >= 0.3 is 6.36 Å². The molecule has 0 aliphatic rings. The van der Waals surface area contributed by atoms with Crippen LogP contribution in [0.2, 0.25) is 0 Å².